The number of halogens is 3. The predicted molar refractivity (Wildman–Crippen MR) is 78.7 cm³/mol. The molecule has 2 amide bonds. The van der Waals surface area contributed by atoms with Gasteiger partial charge in [-0.25, -0.2) is 0 Å². The lowest BCUT2D eigenvalue weighted by molar-refractivity contribution is -0.181. The van der Waals surface area contributed by atoms with Crippen molar-refractivity contribution < 1.29 is 22.8 Å². The van der Waals surface area contributed by atoms with Gasteiger partial charge < -0.3 is 10.6 Å². The number of thiophene rings is 1. The Hall–Kier alpha value is -1.57. The van der Waals surface area contributed by atoms with Crippen molar-refractivity contribution in [1.82, 2.24) is 10.6 Å². The van der Waals surface area contributed by atoms with Crippen molar-refractivity contribution in [3.63, 3.8) is 0 Å². The molecule has 1 rings (SSSR count). The third kappa shape index (κ3) is 5.01. The summed E-state index contributed by atoms with van der Waals surface area (Å²) >= 11 is 1.18. The molecule has 1 aromatic rings. The zero-order chi connectivity index (χ0) is 17.1. The maximum atomic E-state index is 13.0. The highest BCUT2D eigenvalue weighted by Crippen LogP contribution is 2.33. The predicted octanol–water partition coefficient (Wildman–Crippen LogP) is 2.96. The van der Waals surface area contributed by atoms with Crippen LogP contribution in [-0.2, 0) is 4.79 Å². The highest BCUT2D eigenvalue weighted by molar-refractivity contribution is 7.12. The van der Waals surface area contributed by atoms with Crippen LogP contribution in [0.25, 0.3) is 0 Å². The van der Waals surface area contributed by atoms with E-state index in [2.05, 4.69) is 5.32 Å². The Labute approximate surface area is 131 Å². The Morgan fingerprint density at radius 3 is 2.18 bits per heavy atom. The first kappa shape index (κ1) is 18.5. The Kier molecular flexibility index (Phi) is 5.61. The van der Waals surface area contributed by atoms with Crippen LogP contribution in [0.1, 0.15) is 37.4 Å². The van der Waals surface area contributed by atoms with Crippen molar-refractivity contribution >= 4 is 23.2 Å². The second-order valence-electron chi connectivity index (χ2n) is 6.02. The topological polar surface area (TPSA) is 58.2 Å². The molecule has 0 spiro atoms. The minimum absolute atomic E-state index is 0.392. The van der Waals surface area contributed by atoms with Crippen LogP contribution in [0, 0.1) is 5.41 Å². The molecule has 22 heavy (non-hydrogen) atoms. The maximum Gasteiger partial charge on any atom is 0.409 e. The zero-order valence-corrected chi connectivity index (χ0v) is 13.6. The molecule has 0 bridgehead atoms. The molecular formula is C14H19F3N2O2S. The van der Waals surface area contributed by atoms with Crippen LogP contribution < -0.4 is 10.6 Å². The van der Waals surface area contributed by atoms with Crippen LogP contribution in [0.2, 0.25) is 0 Å². The largest absolute Gasteiger partial charge is 0.409 e. The molecule has 8 heteroatoms. The molecule has 124 valence electrons. The summed E-state index contributed by atoms with van der Waals surface area (Å²) in [5, 5.41) is 6.05. The third-order valence-electron chi connectivity index (χ3n) is 2.97. The van der Waals surface area contributed by atoms with E-state index in [-0.39, 0.29) is 0 Å². The number of carbonyl (C=O) groups is 2. The van der Waals surface area contributed by atoms with Gasteiger partial charge in [0, 0.05) is 0 Å². The van der Waals surface area contributed by atoms with E-state index < -0.39 is 35.5 Å². The van der Waals surface area contributed by atoms with Gasteiger partial charge in [0.2, 0.25) is 5.91 Å². The molecule has 2 N–H and O–H groups in total. The van der Waals surface area contributed by atoms with E-state index in [1.165, 1.54) is 39.0 Å². The number of hydrogen-bond donors (Lipinski definition) is 2. The van der Waals surface area contributed by atoms with Crippen LogP contribution in [0.15, 0.2) is 17.5 Å². The van der Waals surface area contributed by atoms with E-state index in [0.717, 1.165) is 0 Å². The van der Waals surface area contributed by atoms with Crippen LogP contribution >= 0.6 is 11.3 Å². The minimum Gasteiger partial charge on any atom is -0.342 e. The highest BCUT2D eigenvalue weighted by Gasteiger charge is 2.48. The van der Waals surface area contributed by atoms with Gasteiger partial charge in [0.25, 0.3) is 5.91 Å². The summed E-state index contributed by atoms with van der Waals surface area (Å²) in [5.74, 6) is -1.36. The van der Waals surface area contributed by atoms with Gasteiger partial charge in [-0.1, -0.05) is 26.8 Å². The summed E-state index contributed by atoms with van der Waals surface area (Å²) in [5.41, 5.74) is -1.19. The van der Waals surface area contributed by atoms with Crippen LogP contribution in [0.5, 0.6) is 0 Å². The van der Waals surface area contributed by atoms with E-state index >= 15 is 0 Å². The molecule has 0 radical (unpaired) electrons. The third-order valence-corrected chi connectivity index (χ3v) is 3.83. The molecule has 2 atom stereocenters. The quantitative estimate of drug-likeness (QED) is 0.888. The van der Waals surface area contributed by atoms with E-state index in [4.69, 9.17) is 0 Å². The van der Waals surface area contributed by atoms with Crippen molar-refractivity contribution in [3.05, 3.63) is 22.4 Å². The van der Waals surface area contributed by atoms with Crippen LogP contribution in [-0.4, -0.2) is 30.1 Å². The van der Waals surface area contributed by atoms with Gasteiger partial charge in [0.1, 0.15) is 12.1 Å². The Morgan fingerprint density at radius 2 is 1.77 bits per heavy atom. The first-order chi connectivity index (χ1) is 9.93. The first-order valence-electron chi connectivity index (χ1n) is 6.64. The number of alkyl halides is 3. The Bertz CT molecular complexity index is 507. The molecule has 1 heterocycles. The van der Waals surface area contributed by atoms with Gasteiger partial charge >= 0.3 is 6.18 Å². The average molecular weight is 336 g/mol. The molecule has 0 fully saturated rings. The lowest BCUT2D eigenvalue weighted by Gasteiger charge is -2.33. The molecule has 0 aliphatic carbocycles. The molecular weight excluding hydrogens is 317 g/mol. The number of rotatable bonds is 4. The standard InChI is InChI=1S/C14H19F3N2O2S/c1-8(18-11(21)9-6-5-7-22-9)10(20)19-12(13(2,3)4)14(15,16)17/h5-8,12H,1-4H3,(H,18,21)(H,19,20). The van der Waals surface area contributed by atoms with E-state index in [1.54, 1.807) is 17.5 Å². The van der Waals surface area contributed by atoms with Gasteiger partial charge in [0.05, 0.1) is 4.88 Å². The minimum atomic E-state index is -4.56. The average Bonchev–Trinajstić information content (AvgIpc) is 2.86. The second-order valence-corrected chi connectivity index (χ2v) is 6.97. The van der Waals surface area contributed by atoms with Gasteiger partial charge in [-0.2, -0.15) is 13.2 Å². The SMILES string of the molecule is CC(NC(=O)c1cccs1)C(=O)NC(C(C)(C)C)C(F)(F)F. The summed E-state index contributed by atoms with van der Waals surface area (Å²) in [6, 6.07) is 0.178. The van der Waals surface area contributed by atoms with Crippen molar-refractivity contribution in [1.29, 1.82) is 0 Å². The summed E-state index contributed by atoms with van der Waals surface area (Å²) in [4.78, 5) is 24.1. The Balaban J connectivity index is 2.72. The normalized spacial score (nSPS) is 15.0. The second kappa shape index (κ2) is 6.68. The molecule has 0 saturated heterocycles. The molecule has 4 nitrogen and oxygen atoms in total. The molecule has 0 aliphatic heterocycles. The fraction of sp³-hybridized carbons (Fsp3) is 0.571. The van der Waals surface area contributed by atoms with Gasteiger partial charge in [-0.3, -0.25) is 9.59 Å². The first-order valence-corrected chi connectivity index (χ1v) is 7.52. The monoisotopic (exact) mass is 336 g/mol. The smallest absolute Gasteiger partial charge is 0.342 e. The number of hydrogen-bond acceptors (Lipinski definition) is 3. The van der Waals surface area contributed by atoms with E-state index in [9.17, 15) is 22.8 Å². The van der Waals surface area contributed by atoms with Gasteiger partial charge in [-0.05, 0) is 23.8 Å². The van der Waals surface area contributed by atoms with Crippen molar-refractivity contribution in [2.24, 2.45) is 5.41 Å². The summed E-state index contributed by atoms with van der Waals surface area (Å²) < 4.78 is 39.1. The lowest BCUT2D eigenvalue weighted by Crippen LogP contribution is -2.57. The fourth-order valence-corrected chi connectivity index (χ4v) is 2.42. The van der Waals surface area contributed by atoms with Crippen molar-refractivity contribution in [2.75, 3.05) is 0 Å². The van der Waals surface area contributed by atoms with E-state index in [0.29, 0.717) is 4.88 Å². The maximum absolute atomic E-state index is 13.0. The molecule has 0 aliphatic rings. The van der Waals surface area contributed by atoms with Gasteiger partial charge in [0.15, 0.2) is 0 Å². The molecule has 0 saturated carbocycles. The molecule has 2 unspecified atom stereocenters. The molecule has 0 aromatic carbocycles. The Morgan fingerprint density at radius 1 is 1.18 bits per heavy atom. The van der Waals surface area contributed by atoms with E-state index in [1.807, 2.05) is 5.32 Å². The summed E-state index contributed by atoms with van der Waals surface area (Å²) in [6.45, 7) is 5.51. The van der Waals surface area contributed by atoms with Crippen molar-refractivity contribution in [3.8, 4) is 0 Å². The number of carbonyl (C=O) groups excluding carboxylic acids is 2. The van der Waals surface area contributed by atoms with Crippen LogP contribution in [0.3, 0.4) is 0 Å². The zero-order valence-electron chi connectivity index (χ0n) is 12.7. The lowest BCUT2D eigenvalue weighted by atomic mass is 9.86. The number of amides is 2. The highest BCUT2D eigenvalue weighted by atomic mass is 32.1. The van der Waals surface area contributed by atoms with Gasteiger partial charge in [-0.15, -0.1) is 11.3 Å². The molecule has 1 aromatic heterocycles. The summed E-state index contributed by atoms with van der Waals surface area (Å²) in [7, 11) is 0. The number of nitrogens with one attached hydrogen (secondary N) is 2. The fourth-order valence-electron chi connectivity index (χ4n) is 1.80. The van der Waals surface area contributed by atoms with Crippen molar-refractivity contribution in [2.45, 2.75) is 46.0 Å². The summed E-state index contributed by atoms with van der Waals surface area (Å²) in [6.07, 6.45) is -4.56. The van der Waals surface area contributed by atoms with Crippen LogP contribution in [0.4, 0.5) is 13.2 Å².